The first-order chi connectivity index (χ1) is 11.2. The van der Waals surface area contributed by atoms with Crippen LogP contribution in [0.1, 0.15) is 33.1 Å². The first-order valence-electron chi connectivity index (χ1n) is 7.46. The molecule has 1 unspecified atom stereocenters. The number of carboxylic acids is 1. The Morgan fingerprint density at radius 1 is 1.42 bits per heavy atom. The normalized spacial score (nSPS) is 17.0. The first kappa shape index (κ1) is 18.6. The SMILES string of the molecule is CC(C)(CCC(=O)O)NC(=O)CC1Sc2ccc(Cl)cc2NC1=O. The number of carbonyl (C=O) groups excluding carboxylic acids is 2. The van der Waals surface area contributed by atoms with Gasteiger partial charge in [-0.1, -0.05) is 11.6 Å². The van der Waals surface area contributed by atoms with E-state index < -0.39 is 16.8 Å². The van der Waals surface area contributed by atoms with Crippen molar-refractivity contribution >= 4 is 46.8 Å². The van der Waals surface area contributed by atoms with E-state index in [1.54, 1.807) is 26.0 Å². The fourth-order valence-electron chi connectivity index (χ4n) is 2.34. The van der Waals surface area contributed by atoms with Gasteiger partial charge in [0.1, 0.15) is 0 Å². The van der Waals surface area contributed by atoms with Gasteiger partial charge in [0.25, 0.3) is 0 Å². The van der Waals surface area contributed by atoms with Crippen LogP contribution in [0.5, 0.6) is 0 Å². The smallest absolute Gasteiger partial charge is 0.303 e. The quantitative estimate of drug-likeness (QED) is 0.715. The Morgan fingerprint density at radius 2 is 2.12 bits per heavy atom. The number of fused-ring (bicyclic) bond motifs is 1. The van der Waals surface area contributed by atoms with Gasteiger partial charge >= 0.3 is 5.97 Å². The highest BCUT2D eigenvalue weighted by molar-refractivity contribution is 8.01. The van der Waals surface area contributed by atoms with Crippen LogP contribution < -0.4 is 10.6 Å². The molecule has 0 aromatic heterocycles. The minimum atomic E-state index is -0.908. The summed E-state index contributed by atoms with van der Waals surface area (Å²) < 4.78 is 0. The molecule has 2 rings (SSSR count). The summed E-state index contributed by atoms with van der Waals surface area (Å²) in [6, 6.07) is 5.22. The van der Waals surface area contributed by atoms with Crippen LogP contribution in [-0.4, -0.2) is 33.7 Å². The van der Waals surface area contributed by atoms with E-state index in [2.05, 4.69) is 10.6 Å². The number of carboxylic acid groups (broad SMARTS) is 1. The largest absolute Gasteiger partial charge is 0.481 e. The third-order valence-electron chi connectivity index (χ3n) is 3.57. The number of rotatable bonds is 6. The summed E-state index contributed by atoms with van der Waals surface area (Å²) in [6.07, 6.45) is 0.314. The highest BCUT2D eigenvalue weighted by Gasteiger charge is 2.31. The second kappa shape index (κ2) is 7.44. The highest BCUT2D eigenvalue weighted by Crippen LogP contribution is 2.38. The van der Waals surface area contributed by atoms with Crippen molar-refractivity contribution in [1.82, 2.24) is 5.32 Å². The minimum Gasteiger partial charge on any atom is -0.481 e. The number of halogens is 1. The van der Waals surface area contributed by atoms with Crippen LogP contribution in [-0.2, 0) is 14.4 Å². The molecule has 0 radical (unpaired) electrons. The molecule has 2 amide bonds. The van der Waals surface area contributed by atoms with E-state index in [0.29, 0.717) is 17.1 Å². The van der Waals surface area contributed by atoms with Gasteiger partial charge in [-0.05, 0) is 38.5 Å². The van der Waals surface area contributed by atoms with E-state index in [1.165, 1.54) is 11.8 Å². The van der Waals surface area contributed by atoms with Crippen molar-refractivity contribution in [2.24, 2.45) is 0 Å². The van der Waals surface area contributed by atoms with Gasteiger partial charge in [0.05, 0.1) is 10.9 Å². The topological polar surface area (TPSA) is 95.5 Å². The highest BCUT2D eigenvalue weighted by atomic mass is 35.5. The molecule has 1 aromatic carbocycles. The number of benzene rings is 1. The van der Waals surface area contributed by atoms with E-state index in [1.807, 2.05) is 6.07 Å². The molecule has 1 aliphatic rings. The van der Waals surface area contributed by atoms with Crippen LogP contribution in [0.15, 0.2) is 23.1 Å². The van der Waals surface area contributed by atoms with Crippen molar-refractivity contribution in [1.29, 1.82) is 0 Å². The van der Waals surface area contributed by atoms with Crippen LogP contribution in [0.25, 0.3) is 0 Å². The molecule has 8 heteroatoms. The summed E-state index contributed by atoms with van der Waals surface area (Å²) in [4.78, 5) is 35.9. The molecule has 0 aliphatic carbocycles. The number of hydrogen-bond donors (Lipinski definition) is 3. The van der Waals surface area contributed by atoms with Gasteiger partial charge in [0.2, 0.25) is 11.8 Å². The van der Waals surface area contributed by atoms with E-state index in [4.69, 9.17) is 16.7 Å². The number of thioether (sulfide) groups is 1. The minimum absolute atomic E-state index is 0.0229. The fraction of sp³-hybridized carbons (Fsp3) is 0.438. The van der Waals surface area contributed by atoms with Crippen molar-refractivity contribution in [2.45, 2.75) is 48.8 Å². The molecule has 1 aromatic rings. The Morgan fingerprint density at radius 3 is 2.79 bits per heavy atom. The molecule has 130 valence electrons. The van der Waals surface area contributed by atoms with E-state index in [0.717, 1.165) is 4.90 Å². The van der Waals surface area contributed by atoms with Crippen molar-refractivity contribution in [2.75, 3.05) is 5.32 Å². The van der Waals surface area contributed by atoms with Crippen molar-refractivity contribution < 1.29 is 19.5 Å². The van der Waals surface area contributed by atoms with Gasteiger partial charge in [-0.2, -0.15) is 0 Å². The lowest BCUT2D eigenvalue weighted by Gasteiger charge is -2.28. The molecule has 1 atom stereocenters. The van der Waals surface area contributed by atoms with Gasteiger partial charge in [-0.3, -0.25) is 14.4 Å². The molecule has 0 saturated carbocycles. The Labute approximate surface area is 149 Å². The molecule has 1 heterocycles. The summed E-state index contributed by atoms with van der Waals surface area (Å²) in [5.41, 5.74) is 0.00688. The van der Waals surface area contributed by atoms with Gasteiger partial charge in [0.15, 0.2) is 0 Å². The second-order valence-electron chi connectivity index (χ2n) is 6.27. The van der Waals surface area contributed by atoms with E-state index in [-0.39, 0.29) is 24.7 Å². The van der Waals surface area contributed by atoms with E-state index >= 15 is 0 Å². The zero-order valence-electron chi connectivity index (χ0n) is 13.4. The molecule has 0 spiro atoms. The standard InChI is InChI=1S/C16H19ClN2O4S/c1-16(2,6-5-14(21)22)19-13(20)8-12-15(23)18-10-7-9(17)3-4-11(10)24-12/h3-4,7,12H,5-6,8H2,1-2H3,(H,18,23)(H,19,20)(H,21,22). The Kier molecular flexibility index (Phi) is 5.77. The van der Waals surface area contributed by atoms with Crippen molar-refractivity contribution in [3.8, 4) is 0 Å². The summed E-state index contributed by atoms with van der Waals surface area (Å²) in [6.45, 7) is 3.53. The Balaban J connectivity index is 1.95. The molecule has 24 heavy (non-hydrogen) atoms. The van der Waals surface area contributed by atoms with Gasteiger partial charge < -0.3 is 15.7 Å². The Bertz CT molecular complexity index is 678. The summed E-state index contributed by atoms with van der Waals surface area (Å²) in [7, 11) is 0. The third-order valence-corrected chi connectivity index (χ3v) is 5.08. The molecule has 0 saturated heterocycles. The van der Waals surface area contributed by atoms with Crippen LogP contribution >= 0.6 is 23.4 Å². The van der Waals surface area contributed by atoms with Crippen molar-refractivity contribution in [3.63, 3.8) is 0 Å². The van der Waals surface area contributed by atoms with Crippen LogP contribution in [0.2, 0.25) is 5.02 Å². The maximum absolute atomic E-state index is 12.2. The van der Waals surface area contributed by atoms with Crippen LogP contribution in [0.4, 0.5) is 5.69 Å². The number of anilines is 1. The molecular weight excluding hydrogens is 352 g/mol. The van der Waals surface area contributed by atoms with Crippen LogP contribution in [0.3, 0.4) is 0 Å². The number of aliphatic carboxylic acids is 1. The molecule has 0 bridgehead atoms. The zero-order chi connectivity index (χ0) is 17.9. The van der Waals surface area contributed by atoms with Gasteiger partial charge in [-0.25, -0.2) is 0 Å². The van der Waals surface area contributed by atoms with Crippen molar-refractivity contribution in [3.05, 3.63) is 23.2 Å². The second-order valence-corrected chi connectivity index (χ2v) is 7.95. The summed E-state index contributed by atoms with van der Waals surface area (Å²) in [5, 5.41) is 14.3. The molecule has 6 nitrogen and oxygen atoms in total. The zero-order valence-corrected chi connectivity index (χ0v) is 15.0. The average Bonchev–Trinajstić information content (AvgIpc) is 2.46. The predicted octanol–water partition coefficient (Wildman–Crippen LogP) is 2.90. The molecule has 0 fully saturated rings. The maximum atomic E-state index is 12.2. The number of carbonyl (C=O) groups is 3. The average molecular weight is 371 g/mol. The van der Waals surface area contributed by atoms with Gasteiger partial charge in [-0.15, -0.1) is 11.8 Å². The first-order valence-corrected chi connectivity index (χ1v) is 8.72. The lowest BCUT2D eigenvalue weighted by atomic mass is 9.98. The predicted molar refractivity (Wildman–Crippen MR) is 93.4 cm³/mol. The lowest BCUT2D eigenvalue weighted by Crippen LogP contribution is -2.45. The molecule has 3 N–H and O–H groups in total. The number of amides is 2. The monoisotopic (exact) mass is 370 g/mol. The van der Waals surface area contributed by atoms with Crippen LogP contribution in [0, 0.1) is 0 Å². The lowest BCUT2D eigenvalue weighted by molar-refractivity contribution is -0.137. The van der Waals surface area contributed by atoms with E-state index in [9.17, 15) is 14.4 Å². The summed E-state index contributed by atoms with van der Waals surface area (Å²) >= 11 is 7.22. The maximum Gasteiger partial charge on any atom is 0.303 e. The molecular formula is C16H19ClN2O4S. The fourth-order valence-corrected chi connectivity index (χ4v) is 3.60. The Hall–Kier alpha value is -1.73. The number of hydrogen-bond acceptors (Lipinski definition) is 4. The molecule has 1 aliphatic heterocycles. The third kappa shape index (κ3) is 5.14. The summed E-state index contributed by atoms with van der Waals surface area (Å²) in [5.74, 6) is -1.43. The van der Waals surface area contributed by atoms with Gasteiger partial charge in [0, 0.05) is 28.3 Å². The number of nitrogens with one attached hydrogen (secondary N) is 2.